The third-order valence-corrected chi connectivity index (χ3v) is 2.41. The summed E-state index contributed by atoms with van der Waals surface area (Å²) in [6.07, 6.45) is 4.00. The number of benzene rings is 1. The fourth-order valence-electron chi connectivity index (χ4n) is 1.51. The lowest BCUT2D eigenvalue weighted by Crippen LogP contribution is -2.04. The van der Waals surface area contributed by atoms with Crippen LogP contribution < -0.4 is 11.1 Å². The number of aliphatic hydroxyl groups excluding tert-OH is 1. The maximum absolute atomic E-state index is 12.7. The summed E-state index contributed by atoms with van der Waals surface area (Å²) in [4.78, 5) is 0. The van der Waals surface area contributed by atoms with E-state index in [2.05, 4.69) is 5.32 Å². The number of anilines is 2. The summed E-state index contributed by atoms with van der Waals surface area (Å²) >= 11 is 0. The Labute approximate surface area is 95.5 Å². The molecular formula is C12H19FN2O. The molecule has 0 heterocycles. The summed E-state index contributed by atoms with van der Waals surface area (Å²) in [5.74, 6) is -0.314. The van der Waals surface area contributed by atoms with Crippen LogP contribution in [-0.2, 0) is 0 Å². The molecular weight excluding hydrogens is 207 g/mol. The van der Waals surface area contributed by atoms with Gasteiger partial charge in [-0.3, -0.25) is 0 Å². The highest BCUT2D eigenvalue weighted by Gasteiger charge is 1.99. The maximum atomic E-state index is 12.7. The number of hydrogen-bond acceptors (Lipinski definition) is 3. The van der Waals surface area contributed by atoms with Crippen LogP contribution in [0, 0.1) is 5.82 Å². The molecule has 0 fully saturated rings. The molecule has 16 heavy (non-hydrogen) atoms. The normalized spacial score (nSPS) is 10.4. The van der Waals surface area contributed by atoms with Gasteiger partial charge in [0.1, 0.15) is 5.82 Å². The van der Waals surface area contributed by atoms with E-state index in [-0.39, 0.29) is 12.4 Å². The van der Waals surface area contributed by atoms with Gasteiger partial charge in [0.15, 0.2) is 0 Å². The number of halogens is 1. The van der Waals surface area contributed by atoms with Crippen molar-refractivity contribution < 1.29 is 9.50 Å². The first-order chi connectivity index (χ1) is 7.74. The number of hydrogen-bond donors (Lipinski definition) is 3. The minimum Gasteiger partial charge on any atom is -0.397 e. The molecule has 0 spiro atoms. The van der Waals surface area contributed by atoms with E-state index in [1.165, 1.54) is 12.1 Å². The van der Waals surface area contributed by atoms with E-state index < -0.39 is 0 Å². The quantitative estimate of drug-likeness (QED) is 0.494. The summed E-state index contributed by atoms with van der Waals surface area (Å²) in [6, 6.07) is 4.36. The van der Waals surface area contributed by atoms with Crippen LogP contribution >= 0.6 is 0 Å². The minimum absolute atomic E-state index is 0.262. The van der Waals surface area contributed by atoms with Gasteiger partial charge in [0, 0.05) is 13.2 Å². The topological polar surface area (TPSA) is 58.3 Å². The molecule has 0 radical (unpaired) electrons. The highest BCUT2D eigenvalue weighted by molar-refractivity contribution is 5.65. The Morgan fingerprint density at radius 2 is 1.94 bits per heavy atom. The van der Waals surface area contributed by atoms with Crippen molar-refractivity contribution in [2.75, 3.05) is 24.2 Å². The number of rotatable bonds is 7. The molecule has 0 amide bonds. The molecule has 0 saturated carbocycles. The Bertz CT molecular complexity index is 318. The van der Waals surface area contributed by atoms with Crippen molar-refractivity contribution in [3.63, 3.8) is 0 Å². The van der Waals surface area contributed by atoms with Crippen LogP contribution in [0.4, 0.5) is 15.8 Å². The Morgan fingerprint density at radius 1 is 1.19 bits per heavy atom. The van der Waals surface area contributed by atoms with E-state index in [0.29, 0.717) is 5.69 Å². The first-order valence-corrected chi connectivity index (χ1v) is 5.64. The third-order valence-electron chi connectivity index (χ3n) is 2.41. The fourth-order valence-corrected chi connectivity index (χ4v) is 1.51. The monoisotopic (exact) mass is 226 g/mol. The zero-order valence-electron chi connectivity index (χ0n) is 9.38. The lowest BCUT2D eigenvalue weighted by molar-refractivity contribution is 0.283. The largest absolute Gasteiger partial charge is 0.397 e. The van der Waals surface area contributed by atoms with E-state index in [4.69, 9.17) is 10.8 Å². The fraction of sp³-hybridized carbons (Fsp3) is 0.500. The van der Waals surface area contributed by atoms with Crippen molar-refractivity contribution in [3.8, 4) is 0 Å². The molecule has 0 unspecified atom stereocenters. The molecule has 1 rings (SSSR count). The van der Waals surface area contributed by atoms with Crippen molar-refractivity contribution in [1.29, 1.82) is 0 Å². The van der Waals surface area contributed by atoms with Crippen LogP contribution in [0.3, 0.4) is 0 Å². The number of nitrogens with two attached hydrogens (primary N) is 1. The van der Waals surface area contributed by atoms with Gasteiger partial charge in [-0.15, -0.1) is 0 Å². The van der Waals surface area contributed by atoms with E-state index in [1.54, 1.807) is 6.07 Å². The Kier molecular flexibility index (Phi) is 5.64. The second kappa shape index (κ2) is 7.06. The molecule has 0 bridgehead atoms. The minimum atomic E-state index is -0.314. The number of nitrogen functional groups attached to an aromatic ring is 1. The van der Waals surface area contributed by atoms with Gasteiger partial charge in [-0.05, 0) is 31.0 Å². The molecule has 0 saturated heterocycles. The van der Waals surface area contributed by atoms with Gasteiger partial charge < -0.3 is 16.2 Å². The molecule has 0 atom stereocenters. The van der Waals surface area contributed by atoms with E-state index in [0.717, 1.165) is 37.9 Å². The smallest absolute Gasteiger partial charge is 0.125 e. The number of nitrogens with one attached hydrogen (secondary N) is 1. The van der Waals surface area contributed by atoms with Crippen molar-refractivity contribution in [1.82, 2.24) is 0 Å². The Hall–Kier alpha value is -1.29. The van der Waals surface area contributed by atoms with Crippen LogP contribution in [-0.4, -0.2) is 18.3 Å². The SMILES string of the molecule is Nc1cc(F)ccc1NCCCCCCO. The molecule has 0 aromatic heterocycles. The zero-order valence-corrected chi connectivity index (χ0v) is 9.38. The summed E-state index contributed by atoms with van der Waals surface area (Å²) in [5, 5.41) is 11.8. The van der Waals surface area contributed by atoms with Gasteiger partial charge in [0.2, 0.25) is 0 Å². The highest BCUT2D eigenvalue weighted by Crippen LogP contribution is 2.18. The first-order valence-electron chi connectivity index (χ1n) is 5.64. The van der Waals surface area contributed by atoms with E-state index in [1.807, 2.05) is 0 Å². The summed E-state index contributed by atoms with van der Waals surface area (Å²) in [5.41, 5.74) is 6.87. The lowest BCUT2D eigenvalue weighted by atomic mass is 10.2. The van der Waals surface area contributed by atoms with Gasteiger partial charge in [-0.1, -0.05) is 12.8 Å². The molecule has 0 aliphatic carbocycles. The highest BCUT2D eigenvalue weighted by atomic mass is 19.1. The predicted molar refractivity (Wildman–Crippen MR) is 64.9 cm³/mol. The zero-order chi connectivity index (χ0) is 11.8. The standard InChI is InChI=1S/C12H19FN2O/c13-10-5-6-12(11(14)9-10)15-7-3-1-2-4-8-16/h5-6,9,15-16H,1-4,7-8,14H2. The van der Waals surface area contributed by atoms with Crippen molar-refractivity contribution in [2.24, 2.45) is 0 Å². The molecule has 1 aromatic rings. The van der Waals surface area contributed by atoms with Gasteiger partial charge in [-0.25, -0.2) is 4.39 Å². The van der Waals surface area contributed by atoms with Crippen LogP contribution in [0.15, 0.2) is 18.2 Å². The van der Waals surface area contributed by atoms with Crippen molar-refractivity contribution >= 4 is 11.4 Å². The average Bonchev–Trinajstić information content (AvgIpc) is 2.26. The molecule has 0 aliphatic rings. The number of aliphatic hydroxyl groups is 1. The van der Waals surface area contributed by atoms with Crippen molar-refractivity contribution in [3.05, 3.63) is 24.0 Å². The lowest BCUT2D eigenvalue weighted by Gasteiger charge is -2.08. The Morgan fingerprint density at radius 3 is 2.62 bits per heavy atom. The summed E-state index contributed by atoms with van der Waals surface area (Å²) in [6.45, 7) is 1.08. The molecule has 90 valence electrons. The van der Waals surface area contributed by atoms with Crippen LogP contribution in [0.25, 0.3) is 0 Å². The first kappa shape index (κ1) is 12.8. The van der Waals surface area contributed by atoms with Crippen LogP contribution in [0.5, 0.6) is 0 Å². The van der Waals surface area contributed by atoms with Gasteiger partial charge in [0.25, 0.3) is 0 Å². The van der Waals surface area contributed by atoms with Crippen LogP contribution in [0.2, 0.25) is 0 Å². The average molecular weight is 226 g/mol. The van der Waals surface area contributed by atoms with Crippen molar-refractivity contribution in [2.45, 2.75) is 25.7 Å². The summed E-state index contributed by atoms with van der Waals surface area (Å²) in [7, 11) is 0. The van der Waals surface area contributed by atoms with Crippen LogP contribution in [0.1, 0.15) is 25.7 Å². The number of unbranched alkanes of at least 4 members (excludes halogenated alkanes) is 3. The predicted octanol–water partition coefficient (Wildman–Crippen LogP) is 2.37. The summed E-state index contributed by atoms with van der Waals surface area (Å²) < 4.78 is 12.7. The maximum Gasteiger partial charge on any atom is 0.125 e. The third kappa shape index (κ3) is 4.49. The second-order valence-electron chi connectivity index (χ2n) is 3.80. The van der Waals surface area contributed by atoms with Gasteiger partial charge >= 0.3 is 0 Å². The molecule has 1 aromatic carbocycles. The molecule has 3 nitrogen and oxygen atoms in total. The second-order valence-corrected chi connectivity index (χ2v) is 3.80. The van der Waals surface area contributed by atoms with E-state index in [9.17, 15) is 4.39 Å². The molecule has 4 heteroatoms. The Balaban J connectivity index is 2.21. The molecule has 4 N–H and O–H groups in total. The van der Waals surface area contributed by atoms with Gasteiger partial charge in [-0.2, -0.15) is 0 Å². The van der Waals surface area contributed by atoms with Gasteiger partial charge in [0.05, 0.1) is 11.4 Å². The molecule has 0 aliphatic heterocycles. The van der Waals surface area contributed by atoms with E-state index >= 15 is 0 Å².